The number of piperidine rings is 1. The van der Waals surface area contributed by atoms with Crippen LogP contribution in [0.5, 0.6) is 5.75 Å². The molecule has 31 heavy (non-hydrogen) atoms. The molecule has 1 aliphatic rings. The van der Waals surface area contributed by atoms with Gasteiger partial charge in [0.15, 0.2) is 6.10 Å². The Bertz CT molecular complexity index is 849. The molecule has 0 aliphatic carbocycles. The van der Waals surface area contributed by atoms with E-state index >= 15 is 0 Å². The number of para-hydroxylation sites is 1. The Morgan fingerprint density at radius 2 is 1.71 bits per heavy atom. The minimum absolute atomic E-state index is 0.256. The molecular weight excluding hydrogens is 394 g/mol. The number of benzene rings is 2. The predicted molar refractivity (Wildman–Crippen MR) is 120 cm³/mol. The molecule has 1 N–H and O–H groups in total. The van der Waals surface area contributed by atoms with Crippen molar-refractivity contribution in [3.8, 4) is 5.75 Å². The first-order valence-corrected chi connectivity index (χ1v) is 10.8. The van der Waals surface area contributed by atoms with Crippen molar-refractivity contribution < 1.29 is 23.7 Å². The number of rotatable bonds is 8. The van der Waals surface area contributed by atoms with Gasteiger partial charge in [0, 0.05) is 11.3 Å². The molecule has 0 aromatic heterocycles. The molecular formula is C24H31N3O4. The summed E-state index contributed by atoms with van der Waals surface area (Å²) in [5, 5.41) is 2.76. The quantitative estimate of drug-likeness (QED) is 0.593. The van der Waals surface area contributed by atoms with Crippen LogP contribution in [-0.2, 0) is 4.74 Å². The fourth-order valence-corrected chi connectivity index (χ4v) is 3.86. The van der Waals surface area contributed by atoms with E-state index < -0.39 is 6.09 Å². The number of nitrogens with one attached hydrogen (secondary N) is 1. The van der Waals surface area contributed by atoms with Gasteiger partial charge in [0.2, 0.25) is 0 Å². The van der Waals surface area contributed by atoms with Crippen LogP contribution in [0.25, 0.3) is 5.43 Å². The number of quaternary nitrogens is 1. The highest BCUT2D eigenvalue weighted by Gasteiger charge is 2.30. The zero-order valence-corrected chi connectivity index (χ0v) is 18.3. The van der Waals surface area contributed by atoms with E-state index in [-0.39, 0.29) is 12.0 Å². The Balaban J connectivity index is 1.66. The van der Waals surface area contributed by atoms with Crippen molar-refractivity contribution in [2.24, 2.45) is 0 Å². The van der Waals surface area contributed by atoms with Gasteiger partial charge in [0.25, 0.3) is 0 Å². The van der Waals surface area contributed by atoms with E-state index in [9.17, 15) is 9.59 Å². The number of hydrogen-bond acceptors (Lipinski definition) is 4. The summed E-state index contributed by atoms with van der Waals surface area (Å²) in [5.41, 5.74) is 5.83. The van der Waals surface area contributed by atoms with Crippen molar-refractivity contribution in [1.82, 2.24) is 0 Å². The number of methoxy groups -OCH3 is 1. The van der Waals surface area contributed by atoms with E-state index in [0.717, 1.165) is 32.4 Å². The van der Waals surface area contributed by atoms with Gasteiger partial charge >= 0.3 is 6.09 Å². The van der Waals surface area contributed by atoms with Crippen molar-refractivity contribution in [3.63, 3.8) is 0 Å². The summed E-state index contributed by atoms with van der Waals surface area (Å²) in [6, 6.07) is 16.2. The lowest BCUT2D eigenvalue weighted by Gasteiger charge is -2.51. The molecule has 1 saturated heterocycles. The van der Waals surface area contributed by atoms with Gasteiger partial charge in [-0.3, -0.25) is 5.32 Å². The SMILES string of the molecule is CCC(C[N+]1([N-]C(=O)c2ccc(OC)cc2)CCCCC1)OC(=O)Nc1ccccc1. The van der Waals surface area contributed by atoms with Gasteiger partial charge in [-0.25, -0.2) is 4.79 Å². The van der Waals surface area contributed by atoms with Gasteiger partial charge < -0.3 is 24.3 Å². The molecule has 1 fully saturated rings. The van der Waals surface area contributed by atoms with E-state index in [1.807, 2.05) is 37.3 Å². The highest BCUT2D eigenvalue weighted by molar-refractivity contribution is 6.02. The van der Waals surface area contributed by atoms with Gasteiger partial charge in [0.1, 0.15) is 18.2 Å². The average molecular weight is 426 g/mol. The molecule has 166 valence electrons. The molecule has 1 heterocycles. The molecule has 2 aromatic carbocycles. The zero-order chi connectivity index (χ0) is 22.1. The second-order valence-corrected chi connectivity index (χ2v) is 7.85. The van der Waals surface area contributed by atoms with Crippen molar-refractivity contribution in [1.29, 1.82) is 0 Å². The van der Waals surface area contributed by atoms with Crippen LogP contribution >= 0.6 is 0 Å². The molecule has 1 unspecified atom stereocenters. The molecule has 0 radical (unpaired) electrons. The molecule has 1 atom stereocenters. The second kappa shape index (κ2) is 10.8. The maximum absolute atomic E-state index is 12.9. The summed E-state index contributed by atoms with van der Waals surface area (Å²) in [6.45, 7) is 4.00. The molecule has 0 saturated carbocycles. The van der Waals surface area contributed by atoms with Gasteiger partial charge in [-0.1, -0.05) is 25.1 Å². The van der Waals surface area contributed by atoms with Crippen molar-refractivity contribution >= 4 is 17.7 Å². The molecule has 1 aliphatic heterocycles. The maximum Gasteiger partial charge on any atom is 0.412 e. The maximum atomic E-state index is 12.9. The van der Waals surface area contributed by atoms with E-state index in [0.29, 0.717) is 34.6 Å². The van der Waals surface area contributed by atoms with Crippen LogP contribution in [-0.4, -0.2) is 49.4 Å². The van der Waals surface area contributed by atoms with Crippen molar-refractivity contribution in [2.75, 3.05) is 32.1 Å². The lowest BCUT2D eigenvalue weighted by Crippen LogP contribution is -2.53. The van der Waals surface area contributed by atoms with Gasteiger partial charge in [-0.2, -0.15) is 0 Å². The highest BCUT2D eigenvalue weighted by Crippen LogP contribution is 2.28. The predicted octanol–water partition coefficient (Wildman–Crippen LogP) is 5.15. The standard InChI is InChI=1S/C24H31N3O4/c1-3-21(31-24(29)25-20-10-6-4-7-11-20)18-27(16-8-5-9-17-27)26-23(28)19-12-14-22(30-2)15-13-19/h4,6-7,10-15,21H,3,5,8-9,16-18H2,1-2H3,(H,25,29). The molecule has 0 spiro atoms. The van der Waals surface area contributed by atoms with E-state index in [1.54, 1.807) is 31.4 Å². The Hall–Kier alpha value is -3.06. The van der Waals surface area contributed by atoms with Crippen LogP contribution in [0.15, 0.2) is 54.6 Å². The monoisotopic (exact) mass is 425 g/mol. The number of hydrogen-bond donors (Lipinski definition) is 1. The summed E-state index contributed by atoms with van der Waals surface area (Å²) in [6.07, 6.45) is 2.93. The summed E-state index contributed by atoms with van der Waals surface area (Å²) >= 11 is 0. The number of carbonyl (C=O) groups is 2. The number of anilines is 1. The molecule has 2 aromatic rings. The van der Waals surface area contributed by atoms with Crippen molar-refractivity contribution in [3.05, 3.63) is 65.6 Å². The fourth-order valence-electron chi connectivity index (χ4n) is 3.86. The Labute approximate surface area is 183 Å². The van der Waals surface area contributed by atoms with Crippen molar-refractivity contribution in [2.45, 2.75) is 38.7 Å². The summed E-state index contributed by atoms with van der Waals surface area (Å²) < 4.78 is 11.2. The topological polar surface area (TPSA) is 78.7 Å². The van der Waals surface area contributed by atoms with Crippen LogP contribution in [0, 0.1) is 0 Å². The van der Waals surface area contributed by atoms with Gasteiger partial charge in [0.05, 0.1) is 20.2 Å². The first-order valence-electron chi connectivity index (χ1n) is 10.8. The van der Waals surface area contributed by atoms with E-state index in [2.05, 4.69) is 10.7 Å². The van der Waals surface area contributed by atoms with Crippen LogP contribution in [0.3, 0.4) is 0 Å². The zero-order valence-electron chi connectivity index (χ0n) is 18.3. The Kier molecular flexibility index (Phi) is 7.89. The van der Waals surface area contributed by atoms with Gasteiger partial charge in [-0.05, 0) is 62.1 Å². The fraction of sp³-hybridized carbons (Fsp3) is 0.417. The molecule has 0 bridgehead atoms. The largest absolute Gasteiger partial charge is 0.497 e. The number of amides is 2. The minimum Gasteiger partial charge on any atom is -0.497 e. The third kappa shape index (κ3) is 6.46. The van der Waals surface area contributed by atoms with E-state index in [4.69, 9.17) is 9.47 Å². The molecule has 2 amide bonds. The molecule has 3 rings (SSSR count). The third-order valence-corrected chi connectivity index (χ3v) is 5.58. The number of nitrogens with zero attached hydrogens (tertiary/aromatic N) is 2. The minimum atomic E-state index is -0.491. The Morgan fingerprint density at radius 3 is 2.32 bits per heavy atom. The Morgan fingerprint density at radius 1 is 1.03 bits per heavy atom. The first kappa shape index (κ1) is 22.6. The number of likely N-dealkylation sites (tertiary alicyclic amines) is 1. The highest BCUT2D eigenvalue weighted by atomic mass is 16.6. The summed E-state index contributed by atoms with van der Waals surface area (Å²) in [4.78, 5) is 25.3. The van der Waals surface area contributed by atoms with Crippen LogP contribution in [0.4, 0.5) is 10.5 Å². The lowest BCUT2D eigenvalue weighted by molar-refractivity contribution is -0.896. The second-order valence-electron chi connectivity index (χ2n) is 7.85. The van der Waals surface area contributed by atoms with Crippen LogP contribution in [0.2, 0.25) is 0 Å². The third-order valence-electron chi connectivity index (χ3n) is 5.58. The van der Waals surface area contributed by atoms with Crippen LogP contribution < -0.4 is 10.1 Å². The first-order chi connectivity index (χ1) is 15.0. The smallest absolute Gasteiger partial charge is 0.412 e. The van der Waals surface area contributed by atoms with E-state index in [1.165, 1.54) is 0 Å². The number of ether oxygens (including phenoxy) is 2. The lowest BCUT2D eigenvalue weighted by atomic mass is 10.1. The van der Waals surface area contributed by atoms with Crippen LogP contribution in [0.1, 0.15) is 43.0 Å². The average Bonchev–Trinajstić information content (AvgIpc) is 2.79. The summed E-state index contributed by atoms with van der Waals surface area (Å²) in [5.74, 6) is 0.440. The molecule has 7 heteroatoms. The normalized spacial score (nSPS) is 16.1. The number of carbonyl (C=O) groups excluding carboxylic acids is 2. The molecule has 7 nitrogen and oxygen atoms in total. The summed E-state index contributed by atoms with van der Waals surface area (Å²) in [7, 11) is 1.59. The van der Waals surface area contributed by atoms with Gasteiger partial charge in [-0.15, -0.1) is 0 Å².